The molecule has 0 unspecified atom stereocenters. The number of aromatic nitrogens is 2. The second-order valence-corrected chi connectivity index (χ2v) is 4.01. The lowest BCUT2D eigenvalue weighted by molar-refractivity contribution is 0.418. The molecule has 0 radical (unpaired) electrons. The number of ether oxygens (including phenoxy) is 1. The first-order chi connectivity index (χ1) is 8.22. The summed E-state index contributed by atoms with van der Waals surface area (Å²) in [6.07, 6.45) is 3.63. The average Bonchev–Trinajstić information content (AvgIpc) is 2.73. The fraction of sp³-hybridized carbons (Fsp3) is 0.154. The normalized spacial score (nSPS) is 11.2. The number of hydrogen-bond donors (Lipinski definition) is 0. The van der Waals surface area contributed by atoms with E-state index >= 15 is 0 Å². The van der Waals surface area contributed by atoms with Gasteiger partial charge in [-0.05, 0) is 12.1 Å². The van der Waals surface area contributed by atoms with E-state index < -0.39 is 0 Å². The molecule has 4 heteroatoms. The van der Waals surface area contributed by atoms with E-state index in [0.29, 0.717) is 5.52 Å². The minimum absolute atomic E-state index is 0.00856. The van der Waals surface area contributed by atoms with Crippen LogP contribution < -0.4 is 10.3 Å². The number of methoxy groups -OCH3 is 1. The first-order valence-electron chi connectivity index (χ1n) is 5.36. The van der Waals surface area contributed by atoms with E-state index in [9.17, 15) is 4.79 Å². The molecule has 2 aromatic heterocycles. The molecular weight excluding hydrogens is 216 g/mol. The summed E-state index contributed by atoms with van der Waals surface area (Å²) in [5.74, 6) is 0.774. The second kappa shape index (κ2) is 3.38. The van der Waals surface area contributed by atoms with Gasteiger partial charge in [-0.25, -0.2) is 0 Å². The zero-order valence-corrected chi connectivity index (χ0v) is 9.68. The summed E-state index contributed by atoms with van der Waals surface area (Å²) in [4.78, 5) is 12.0. The van der Waals surface area contributed by atoms with Gasteiger partial charge in [-0.15, -0.1) is 0 Å². The fourth-order valence-corrected chi connectivity index (χ4v) is 2.15. The standard InChI is InChI=1S/C13H12N2O2/c1-14-6-7-15-10(13(14)16)8-9-4-3-5-11(17-2)12(9)15/h3-8H,1-2H3. The molecule has 0 amide bonds. The van der Waals surface area contributed by atoms with Crippen LogP contribution in [0.5, 0.6) is 5.75 Å². The molecule has 0 aliphatic rings. The van der Waals surface area contributed by atoms with Crippen LogP contribution in [0.25, 0.3) is 16.4 Å². The van der Waals surface area contributed by atoms with Crippen LogP contribution in [0.3, 0.4) is 0 Å². The Morgan fingerprint density at radius 2 is 2.06 bits per heavy atom. The summed E-state index contributed by atoms with van der Waals surface area (Å²) >= 11 is 0. The number of fused-ring (bicyclic) bond motifs is 3. The van der Waals surface area contributed by atoms with Gasteiger partial charge >= 0.3 is 0 Å². The van der Waals surface area contributed by atoms with Crippen LogP contribution in [0.4, 0.5) is 0 Å². The molecular formula is C13H12N2O2. The zero-order chi connectivity index (χ0) is 12.0. The highest BCUT2D eigenvalue weighted by Gasteiger charge is 2.10. The van der Waals surface area contributed by atoms with E-state index in [4.69, 9.17) is 4.74 Å². The first-order valence-corrected chi connectivity index (χ1v) is 5.36. The Bertz CT molecular complexity index is 768. The number of rotatable bonds is 1. The molecule has 17 heavy (non-hydrogen) atoms. The Kier molecular flexibility index (Phi) is 1.98. The summed E-state index contributed by atoms with van der Waals surface area (Å²) in [7, 11) is 3.38. The van der Waals surface area contributed by atoms with Gasteiger partial charge in [0, 0.05) is 24.8 Å². The second-order valence-electron chi connectivity index (χ2n) is 4.01. The molecule has 0 N–H and O–H groups in total. The highest BCUT2D eigenvalue weighted by Crippen LogP contribution is 2.27. The van der Waals surface area contributed by atoms with Crippen molar-refractivity contribution in [2.45, 2.75) is 0 Å². The van der Waals surface area contributed by atoms with Crippen molar-refractivity contribution in [3.63, 3.8) is 0 Å². The fourth-order valence-electron chi connectivity index (χ4n) is 2.15. The lowest BCUT2D eigenvalue weighted by Gasteiger charge is -2.04. The van der Waals surface area contributed by atoms with Crippen molar-refractivity contribution in [1.29, 1.82) is 0 Å². The highest BCUT2D eigenvalue weighted by atomic mass is 16.5. The molecule has 3 aromatic rings. The molecule has 0 bridgehead atoms. The van der Waals surface area contributed by atoms with Crippen molar-refractivity contribution in [2.75, 3.05) is 7.11 Å². The molecule has 0 saturated carbocycles. The number of aryl methyl sites for hydroxylation is 1. The minimum Gasteiger partial charge on any atom is -0.495 e. The maximum absolute atomic E-state index is 12.0. The van der Waals surface area contributed by atoms with Crippen molar-refractivity contribution in [3.05, 3.63) is 47.0 Å². The van der Waals surface area contributed by atoms with Gasteiger partial charge in [0.2, 0.25) is 0 Å². The van der Waals surface area contributed by atoms with Crippen LogP contribution in [0.2, 0.25) is 0 Å². The van der Waals surface area contributed by atoms with E-state index in [1.807, 2.05) is 34.9 Å². The number of hydrogen-bond acceptors (Lipinski definition) is 2. The van der Waals surface area contributed by atoms with E-state index in [1.165, 1.54) is 0 Å². The van der Waals surface area contributed by atoms with Crippen LogP contribution in [0.15, 0.2) is 41.5 Å². The van der Waals surface area contributed by atoms with Crippen molar-refractivity contribution in [2.24, 2.45) is 7.05 Å². The monoisotopic (exact) mass is 228 g/mol. The molecule has 86 valence electrons. The summed E-state index contributed by atoms with van der Waals surface area (Å²) in [6.45, 7) is 0. The lowest BCUT2D eigenvalue weighted by atomic mass is 10.2. The summed E-state index contributed by atoms with van der Waals surface area (Å²) in [6, 6.07) is 7.68. The molecule has 0 aliphatic carbocycles. The van der Waals surface area contributed by atoms with Crippen LogP contribution >= 0.6 is 0 Å². The van der Waals surface area contributed by atoms with E-state index in [2.05, 4.69) is 0 Å². The molecule has 0 fully saturated rings. The van der Waals surface area contributed by atoms with Gasteiger partial charge in [-0.1, -0.05) is 12.1 Å². The van der Waals surface area contributed by atoms with Gasteiger partial charge in [0.1, 0.15) is 11.3 Å². The third-order valence-corrected chi connectivity index (χ3v) is 3.02. The van der Waals surface area contributed by atoms with Gasteiger partial charge in [-0.3, -0.25) is 4.79 Å². The van der Waals surface area contributed by atoms with Crippen molar-refractivity contribution in [3.8, 4) is 5.75 Å². The molecule has 1 aromatic carbocycles. The maximum Gasteiger partial charge on any atom is 0.274 e. The Balaban J connectivity index is 2.60. The number of nitrogens with zero attached hydrogens (tertiary/aromatic N) is 2. The SMILES string of the molecule is COc1cccc2cc3c(=O)n(C)ccn3c12. The van der Waals surface area contributed by atoms with Gasteiger partial charge in [0.25, 0.3) is 5.56 Å². The highest BCUT2D eigenvalue weighted by molar-refractivity contribution is 5.91. The number of benzene rings is 1. The molecule has 4 nitrogen and oxygen atoms in total. The zero-order valence-electron chi connectivity index (χ0n) is 9.68. The summed E-state index contributed by atoms with van der Waals surface area (Å²) in [5, 5.41) is 1.01. The van der Waals surface area contributed by atoms with E-state index in [0.717, 1.165) is 16.7 Å². The molecule has 0 spiro atoms. The minimum atomic E-state index is -0.00856. The van der Waals surface area contributed by atoms with Crippen molar-refractivity contribution in [1.82, 2.24) is 8.97 Å². The largest absolute Gasteiger partial charge is 0.495 e. The Hall–Kier alpha value is -2.23. The molecule has 0 atom stereocenters. The van der Waals surface area contributed by atoms with Gasteiger partial charge in [-0.2, -0.15) is 0 Å². The van der Waals surface area contributed by atoms with Crippen molar-refractivity contribution < 1.29 is 4.74 Å². The Morgan fingerprint density at radius 3 is 2.82 bits per heavy atom. The third-order valence-electron chi connectivity index (χ3n) is 3.02. The summed E-state index contributed by atoms with van der Waals surface area (Å²) < 4.78 is 8.78. The first kappa shape index (κ1) is 9.96. The lowest BCUT2D eigenvalue weighted by Crippen LogP contribution is -2.17. The van der Waals surface area contributed by atoms with Crippen LogP contribution in [0, 0.1) is 0 Å². The quantitative estimate of drug-likeness (QED) is 0.636. The predicted molar refractivity (Wildman–Crippen MR) is 66.7 cm³/mol. The van der Waals surface area contributed by atoms with Crippen LogP contribution in [-0.4, -0.2) is 16.1 Å². The van der Waals surface area contributed by atoms with Gasteiger partial charge in [0.15, 0.2) is 0 Å². The van der Waals surface area contributed by atoms with Gasteiger partial charge in [0.05, 0.1) is 12.6 Å². The van der Waals surface area contributed by atoms with Gasteiger partial charge < -0.3 is 13.7 Å². The molecule has 3 rings (SSSR count). The number of para-hydroxylation sites is 1. The predicted octanol–water partition coefficient (Wildman–Crippen LogP) is 1.80. The molecule has 2 heterocycles. The van der Waals surface area contributed by atoms with Crippen molar-refractivity contribution >= 4 is 16.4 Å². The van der Waals surface area contributed by atoms with Crippen LogP contribution in [0.1, 0.15) is 0 Å². The van der Waals surface area contributed by atoms with E-state index in [1.54, 1.807) is 24.9 Å². The molecule has 0 saturated heterocycles. The maximum atomic E-state index is 12.0. The third kappa shape index (κ3) is 1.27. The van der Waals surface area contributed by atoms with E-state index in [-0.39, 0.29) is 5.56 Å². The topological polar surface area (TPSA) is 35.6 Å². The average molecular weight is 228 g/mol. The smallest absolute Gasteiger partial charge is 0.274 e. The Labute approximate surface area is 97.7 Å². The Morgan fingerprint density at radius 1 is 1.24 bits per heavy atom. The summed E-state index contributed by atoms with van der Waals surface area (Å²) in [5.41, 5.74) is 1.59. The molecule has 0 aliphatic heterocycles. The van der Waals surface area contributed by atoms with Crippen LogP contribution in [-0.2, 0) is 7.05 Å².